The van der Waals surface area contributed by atoms with Crippen molar-refractivity contribution in [2.75, 3.05) is 29.2 Å². The molecule has 1 heterocycles. The maximum atomic E-state index is 14.1. The molecule has 0 aliphatic carbocycles. The monoisotopic (exact) mass is 359 g/mol. The zero-order chi connectivity index (χ0) is 17.8. The lowest BCUT2D eigenvalue weighted by molar-refractivity contribution is -0.117. The van der Waals surface area contributed by atoms with E-state index < -0.39 is 5.82 Å². The average Bonchev–Trinajstić information content (AvgIpc) is 3.02. The van der Waals surface area contributed by atoms with E-state index in [0.717, 1.165) is 12.1 Å². The molecule has 1 aliphatic rings. The SMILES string of the molecule is COc1cccc(NC(=S)Nc2ccc(F)c(N3CCCC3=O)c2)c1. The maximum Gasteiger partial charge on any atom is 0.227 e. The van der Waals surface area contributed by atoms with Crippen molar-refractivity contribution in [2.24, 2.45) is 0 Å². The standard InChI is InChI=1S/C18H18FN3O2S/c1-24-14-5-2-4-12(10-14)20-18(25)21-13-7-8-15(19)16(11-13)22-9-3-6-17(22)23/h2,4-5,7-8,10-11H,3,6,9H2,1H3,(H2,20,21,25). The zero-order valence-electron chi connectivity index (χ0n) is 13.7. The van der Waals surface area contributed by atoms with Gasteiger partial charge in [0.25, 0.3) is 0 Å². The Morgan fingerprint density at radius 3 is 2.64 bits per heavy atom. The van der Waals surface area contributed by atoms with E-state index in [4.69, 9.17) is 17.0 Å². The Bertz CT molecular complexity index is 813. The number of halogens is 1. The van der Waals surface area contributed by atoms with Crippen LogP contribution in [0.1, 0.15) is 12.8 Å². The number of rotatable bonds is 4. The molecule has 0 spiro atoms. The van der Waals surface area contributed by atoms with Crippen LogP contribution in [0.15, 0.2) is 42.5 Å². The molecular formula is C18H18FN3O2S. The molecule has 2 aromatic carbocycles. The van der Waals surface area contributed by atoms with Gasteiger partial charge in [-0.05, 0) is 49.0 Å². The summed E-state index contributed by atoms with van der Waals surface area (Å²) in [5.41, 5.74) is 1.65. The van der Waals surface area contributed by atoms with E-state index in [1.807, 2.05) is 24.3 Å². The van der Waals surface area contributed by atoms with Gasteiger partial charge in [-0.15, -0.1) is 0 Å². The molecule has 5 nitrogen and oxygen atoms in total. The minimum Gasteiger partial charge on any atom is -0.497 e. The first kappa shape index (κ1) is 17.2. The Balaban J connectivity index is 1.72. The van der Waals surface area contributed by atoms with Crippen molar-refractivity contribution in [2.45, 2.75) is 12.8 Å². The van der Waals surface area contributed by atoms with Gasteiger partial charge in [0.05, 0.1) is 12.8 Å². The summed E-state index contributed by atoms with van der Waals surface area (Å²) in [6.07, 6.45) is 1.19. The average molecular weight is 359 g/mol. The van der Waals surface area contributed by atoms with E-state index in [0.29, 0.717) is 29.5 Å². The van der Waals surface area contributed by atoms with Gasteiger partial charge in [-0.25, -0.2) is 4.39 Å². The van der Waals surface area contributed by atoms with Crippen molar-refractivity contribution >= 4 is 40.3 Å². The van der Waals surface area contributed by atoms with Crippen molar-refractivity contribution < 1.29 is 13.9 Å². The number of thiocarbonyl (C=S) groups is 1. The van der Waals surface area contributed by atoms with Crippen molar-refractivity contribution in [3.8, 4) is 5.75 Å². The third-order valence-corrected chi connectivity index (χ3v) is 4.10. The molecule has 2 aromatic rings. The molecule has 0 unspecified atom stereocenters. The third-order valence-electron chi connectivity index (χ3n) is 3.90. The number of carbonyl (C=O) groups is 1. The van der Waals surface area contributed by atoms with E-state index in [1.54, 1.807) is 19.2 Å². The van der Waals surface area contributed by atoms with Crippen molar-refractivity contribution in [3.63, 3.8) is 0 Å². The summed E-state index contributed by atoms with van der Waals surface area (Å²) in [4.78, 5) is 13.3. The van der Waals surface area contributed by atoms with E-state index in [1.165, 1.54) is 11.0 Å². The highest BCUT2D eigenvalue weighted by atomic mass is 32.1. The molecule has 0 saturated carbocycles. The van der Waals surface area contributed by atoms with Crippen LogP contribution in [-0.4, -0.2) is 24.7 Å². The Hall–Kier alpha value is -2.67. The van der Waals surface area contributed by atoms with Crippen LogP contribution in [0, 0.1) is 5.82 Å². The highest BCUT2D eigenvalue weighted by Gasteiger charge is 2.24. The molecule has 0 aromatic heterocycles. The number of methoxy groups -OCH3 is 1. The molecular weight excluding hydrogens is 341 g/mol. The van der Waals surface area contributed by atoms with Gasteiger partial charge in [0.15, 0.2) is 5.11 Å². The lowest BCUT2D eigenvalue weighted by Gasteiger charge is -2.18. The lowest BCUT2D eigenvalue weighted by atomic mass is 10.2. The fourth-order valence-electron chi connectivity index (χ4n) is 2.69. The fraction of sp³-hybridized carbons (Fsp3) is 0.222. The molecule has 1 fully saturated rings. The van der Waals surface area contributed by atoms with Crippen molar-refractivity contribution in [1.82, 2.24) is 0 Å². The summed E-state index contributed by atoms with van der Waals surface area (Å²) >= 11 is 5.29. The number of nitrogens with one attached hydrogen (secondary N) is 2. The molecule has 0 atom stereocenters. The highest BCUT2D eigenvalue weighted by molar-refractivity contribution is 7.80. The quantitative estimate of drug-likeness (QED) is 0.814. The van der Waals surface area contributed by atoms with Gasteiger partial charge in [-0.1, -0.05) is 6.07 Å². The number of ether oxygens (including phenoxy) is 1. The first-order chi connectivity index (χ1) is 12.1. The Kier molecular flexibility index (Phi) is 5.14. The molecule has 3 rings (SSSR count). The number of hydrogen-bond donors (Lipinski definition) is 2. The van der Waals surface area contributed by atoms with Crippen LogP contribution in [0.4, 0.5) is 21.5 Å². The highest BCUT2D eigenvalue weighted by Crippen LogP contribution is 2.27. The van der Waals surface area contributed by atoms with Crippen LogP contribution < -0.4 is 20.3 Å². The first-order valence-corrected chi connectivity index (χ1v) is 8.29. The van der Waals surface area contributed by atoms with Gasteiger partial charge in [-0.2, -0.15) is 0 Å². The van der Waals surface area contributed by atoms with E-state index in [-0.39, 0.29) is 11.6 Å². The predicted molar refractivity (Wildman–Crippen MR) is 101 cm³/mol. The summed E-state index contributed by atoms with van der Waals surface area (Å²) < 4.78 is 19.2. The maximum absolute atomic E-state index is 14.1. The number of anilines is 3. The molecule has 1 amide bonds. The number of benzene rings is 2. The van der Waals surface area contributed by atoms with E-state index in [9.17, 15) is 9.18 Å². The van der Waals surface area contributed by atoms with E-state index in [2.05, 4.69) is 10.6 Å². The smallest absolute Gasteiger partial charge is 0.227 e. The molecule has 2 N–H and O–H groups in total. The third kappa shape index (κ3) is 4.06. The van der Waals surface area contributed by atoms with Gasteiger partial charge in [0.2, 0.25) is 5.91 Å². The van der Waals surface area contributed by atoms with Crippen LogP contribution in [0.25, 0.3) is 0 Å². The second-order valence-corrected chi connectivity index (χ2v) is 6.03. The van der Waals surface area contributed by atoms with Crippen LogP contribution in [-0.2, 0) is 4.79 Å². The van der Waals surface area contributed by atoms with Gasteiger partial charge < -0.3 is 20.3 Å². The fourth-order valence-corrected chi connectivity index (χ4v) is 2.93. The normalized spacial score (nSPS) is 13.7. The predicted octanol–water partition coefficient (Wildman–Crippen LogP) is 3.77. The van der Waals surface area contributed by atoms with Crippen molar-refractivity contribution in [1.29, 1.82) is 0 Å². The Morgan fingerprint density at radius 1 is 1.20 bits per heavy atom. The molecule has 1 aliphatic heterocycles. The Morgan fingerprint density at radius 2 is 1.96 bits per heavy atom. The second-order valence-electron chi connectivity index (χ2n) is 5.63. The molecule has 1 saturated heterocycles. The minimum absolute atomic E-state index is 0.0619. The number of amides is 1. The first-order valence-electron chi connectivity index (χ1n) is 7.89. The molecule has 0 bridgehead atoms. The molecule has 7 heteroatoms. The molecule has 0 radical (unpaired) electrons. The lowest BCUT2D eigenvalue weighted by Crippen LogP contribution is -2.25. The van der Waals surface area contributed by atoms with Crippen LogP contribution in [0.3, 0.4) is 0 Å². The van der Waals surface area contributed by atoms with E-state index >= 15 is 0 Å². The summed E-state index contributed by atoms with van der Waals surface area (Å²) in [6, 6.07) is 11.9. The van der Waals surface area contributed by atoms with Crippen LogP contribution in [0.5, 0.6) is 5.75 Å². The number of hydrogen-bond acceptors (Lipinski definition) is 3. The topological polar surface area (TPSA) is 53.6 Å². The second kappa shape index (κ2) is 7.48. The zero-order valence-corrected chi connectivity index (χ0v) is 14.5. The molecule has 25 heavy (non-hydrogen) atoms. The largest absolute Gasteiger partial charge is 0.497 e. The number of carbonyl (C=O) groups excluding carboxylic acids is 1. The molecule has 130 valence electrons. The van der Waals surface area contributed by atoms with Gasteiger partial charge in [0.1, 0.15) is 11.6 Å². The van der Waals surface area contributed by atoms with Crippen LogP contribution in [0.2, 0.25) is 0 Å². The van der Waals surface area contributed by atoms with Crippen LogP contribution >= 0.6 is 12.2 Å². The Labute approximate surface area is 150 Å². The summed E-state index contributed by atoms with van der Waals surface area (Å²) in [6.45, 7) is 0.533. The minimum atomic E-state index is -0.424. The van der Waals surface area contributed by atoms with Gasteiger partial charge in [-0.3, -0.25) is 4.79 Å². The summed E-state index contributed by atoms with van der Waals surface area (Å²) in [5.74, 6) is 0.227. The van der Waals surface area contributed by atoms with Gasteiger partial charge >= 0.3 is 0 Å². The van der Waals surface area contributed by atoms with Crippen molar-refractivity contribution in [3.05, 3.63) is 48.3 Å². The number of nitrogens with zero attached hydrogens (tertiary/aromatic N) is 1. The van der Waals surface area contributed by atoms with Gasteiger partial charge in [0, 0.05) is 30.4 Å². The summed E-state index contributed by atoms with van der Waals surface area (Å²) in [7, 11) is 1.59. The summed E-state index contributed by atoms with van der Waals surface area (Å²) in [5, 5.41) is 6.41.